The quantitative estimate of drug-likeness (QED) is 0.152. The fraction of sp³-hybridized carbons (Fsp3) is 0.100. The van der Waals surface area contributed by atoms with E-state index < -0.39 is 8.07 Å². The van der Waals surface area contributed by atoms with Crippen LogP contribution in [0.3, 0.4) is 0 Å². The predicted octanol–water partition coefficient (Wildman–Crippen LogP) is 6.93. The minimum Gasteiger partial charge on any atom is -0.499 e. The number of aromatic nitrogens is 3. The maximum Gasteiger partial charge on any atom is 0.139 e. The largest absolute Gasteiger partial charge is 0.499 e. The molecule has 0 saturated carbocycles. The Morgan fingerprint density at radius 3 is 2.25 bits per heavy atom. The molecule has 2 aromatic carbocycles. The van der Waals surface area contributed by atoms with E-state index in [1.165, 1.54) is 5.19 Å². The van der Waals surface area contributed by atoms with Crippen molar-refractivity contribution in [1.82, 2.24) is 15.0 Å². The first kappa shape index (κ1) is 25.6. The molecular formula is C30H25IrN3OSi-2. The fourth-order valence-corrected chi connectivity index (χ4v) is 4.85. The molecule has 4 nitrogen and oxygen atoms in total. The molecule has 0 aliphatic rings. The van der Waals surface area contributed by atoms with Gasteiger partial charge in [0.25, 0.3) is 0 Å². The van der Waals surface area contributed by atoms with Gasteiger partial charge in [0.05, 0.1) is 19.2 Å². The first-order valence-electron chi connectivity index (χ1n) is 11.5. The number of hydrogen-bond acceptors (Lipinski definition) is 4. The number of benzene rings is 2. The van der Waals surface area contributed by atoms with Crippen LogP contribution >= 0.6 is 0 Å². The maximum absolute atomic E-state index is 5.90. The molecule has 0 bridgehead atoms. The van der Waals surface area contributed by atoms with Crippen molar-refractivity contribution < 1.29 is 24.5 Å². The minimum atomic E-state index is -1.23. The zero-order valence-electron chi connectivity index (χ0n) is 20.3. The summed E-state index contributed by atoms with van der Waals surface area (Å²) in [6.07, 6.45) is 5.56. The van der Waals surface area contributed by atoms with Crippen LogP contribution in [0.15, 0.2) is 102 Å². The van der Waals surface area contributed by atoms with Gasteiger partial charge in [-0.05, 0) is 40.2 Å². The summed E-state index contributed by atoms with van der Waals surface area (Å²) in [7, 11) is -1.23. The zero-order chi connectivity index (χ0) is 24.3. The van der Waals surface area contributed by atoms with Gasteiger partial charge in [0.15, 0.2) is 0 Å². The monoisotopic (exact) mass is 664 g/mol. The van der Waals surface area contributed by atoms with Gasteiger partial charge in [0.2, 0.25) is 0 Å². The van der Waals surface area contributed by atoms with E-state index in [9.17, 15) is 0 Å². The van der Waals surface area contributed by atoms with Gasteiger partial charge in [-0.15, -0.1) is 54.1 Å². The fourth-order valence-electron chi connectivity index (χ4n) is 3.81. The van der Waals surface area contributed by atoms with E-state index in [0.717, 1.165) is 44.6 Å². The predicted molar refractivity (Wildman–Crippen MR) is 145 cm³/mol. The summed E-state index contributed by atoms with van der Waals surface area (Å²) in [6, 6.07) is 32.1. The van der Waals surface area contributed by atoms with Crippen molar-refractivity contribution in [2.45, 2.75) is 19.6 Å². The summed E-state index contributed by atoms with van der Waals surface area (Å²) in [5.41, 5.74) is 6.24. The molecule has 0 aliphatic carbocycles. The third kappa shape index (κ3) is 5.52. The Morgan fingerprint density at radius 1 is 0.722 bits per heavy atom. The number of hydrogen-bond donors (Lipinski definition) is 0. The molecule has 0 aliphatic heterocycles. The summed E-state index contributed by atoms with van der Waals surface area (Å²) in [5.74, 6) is 0. The third-order valence-corrected chi connectivity index (χ3v) is 7.75. The van der Waals surface area contributed by atoms with E-state index in [1.807, 2.05) is 72.9 Å². The summed E-state index contributed by atoms with van der Waals surface area (Å²) in [6.45, 7) is 7.00. The molecule has 4 heterocycles. The number of fused-ring (bicyclic) bond motifs is 3. The van der Waals surface area contributed by atoms with Crippen LogP contribution in [0.4, 0.5) is 0 Å². The Balaban J connectivity index is 0.000000167. The van der Waals surface area contributed by atoms with Crippen LogP contribution in [0.25, 0.3) is 44.6 Å². The van der Waals surface area contributed by atoms with Gasteiger partial charge in [0, 0.05) is 38.7 Å². The molecule has 0 atom stereocenters. The van der Waals surface area contributed by atoms with Crippen molar-refractivity contribution in [2.75, 3.05) is 0 Å². The Kier molecular flexibility index (Phi) is 7.90. The Labute approximate surface area is 225 Å². The van der Waals surface area contributed by atoms with Crippen LogP contribution in [0.2, 0.25) is 19.6 Å². The Morgan fingerprint density at radius 2 is 1.56 bits per heavy atom. The minimum absolute atomic E-state index is 0. The van der Waals surface area contributed by atoms with Crippen molar-refractivity contribution in [3.8, 4) is 22.5 Å². The summed E-state index contributed by atoms with van der Waals surface area (Å²) >= 11 is 0. The van der Waals surface area contributed by atoms with Gasteiger partial charge < -0.3 is 14.4 Å². The normalized spacial score (nSPS) is 11.0. The molecular weight excluding hydrogens is 639 g/mol. The second-order valence-electron chi connectivity index (χ2n) is 9.22. The molecule has 1 radical (unpaired) electrons. The van der Waals surface area contributed by atoms with E-state index in [-0.39, 0.29) is 20.1 Å². The number of rotatable bonds is 3. The second kappa shape index (κ2) is 11.1. The van der Waals surface area contributed by atoms with Crippen LogP contribution < -0.4 is 5.19 Å². The number of furan rings is 1. The van der Waals surface area contributed by atoms with Crippen molar-refractivity contribution in [3.63, 3.8) is 0 Å². The van der Waals surface area contributed by atoms with E-state index in [0.29, 0.717) is 0 Å². The maximum atomic E-state index is 5.90. The molecule has 0 amide bonds. The average Bonchev–Trinajstić information content (AvgIpc) is 3.29. The third-order valence-electron chi connectivity index (χ3n) is 5.72. The number of nitrogens with zero attached hydrogens (tertiary/aromatic N) is 3. The van der Waals surface area contributed by atoms with Crippen molar-refractivity contribution in [1.29, 1.82) is 0 Å². The first-order chi connectivity index (χ1) is 17.0. The van der Waals surface area contributed by atoms with Gasteiger partial charge in [-0.25, -0.2) is 0 Å². The Bertz CT molecular complexity index is 1560. The molecule has 0 fully saturated rings. The molecule has 181 valence electrons. The van der Waals surface area contributed by atoms with Gasteiger partial charge in [0.1, 0.15) is 5.58 Å². The van der Waals surface area contributed by atoms with Crippen LogP contribution in [0, 0.1) is 12.1 Å². The van der Waals surface area contributed by atoms with Crippen LogP contribution in [-0.2, 0) is 20.1 Å². The van der Waals surface area contributed by atoms with Crippen molar-refractivity contribution in [2.24, 2.45) is 0 Å². The van der Waals surface area contributed by atoms with Gasteiger partial charge >= 0.3 is 0 Å². The molecule has 36 heavy (non-hydrogen) atoms. The molecule has 6 rings (SSSR count). The standard InChI is InChI=1S/C16H9N2O.C14H16NSi.Ir/c1-2-9-17-13(7-1)11-5-3-6-12-15-14(19-16(11)12)8-4-10-18-15;1-16(2,3)13-9-10-14(15-11-13)12-7-5-4-6-8-12;/h1-4,6-10H;4-7,9-11H,1-3H3;/q2*-1;. The van der Waals surface area contributed by atoms with Crippen LogP contribution in [-0.4, -0.2) is 23.0 Å². The summed E-state index contributed by atoms with van der Waals surface area (Å²) in [5, 5.41) is 2.39. The van der Waals surface area contributed by atoms with E-state index in [2.05, 4.69) is 58.9 Å². The summed E-state index contributed by atoms with van der Waals surface area (Å²) in [4.78, 5) is 13.3. The van der Waals surface area contributed by atoms with Gasteiger partial charge in [-0.3, -0.25) is 4.98 Å². The SMILES string of the molecule is C[Si](C)(C)c1ccc(-c2[c-]cccc2)nc1.[Ir].[c-]1ccc2c(oc3cccnc32)c1-c1ccccn1. The van der Waals surface area contributed by atoms with E-state index in [4.69, 9.17) is 4.42 Å². The summed E-state index contributed by atoms with van der Waals surface area (Å²) < 4.78 is 5.90. The van der Waals surface area contributed by atoms with Crippen molar-refractivity contribution in [3.05, 3.63) is 110 Å². The Hall–Kier alpha value is -3.44. The molecule has 0 N–H and O–H groups in total. The smallest absolute Gasteiger partial charge is 0.139 e. The molecule has 0 spiro atoms. The average molecular weight is 664 g/mol. The topological polar surface area (TPSA) is 51.8 Å². The molecule has 6 heteroatoms. The molecule has 4 aromatic heterocycles. The van der Waals surface area contributed by atoms with E-state index >= 15 is 0 Å². The van der Waals surface area contributed by atoms with Gasteiger partial charge in [-0.1, -0.05) is 49.5 Å². The van der Waals surface area contributed by atoms with Gasteiger partial charge in [-0.2, -0.15) is 0 Å². The molecule has 0 saturated heterocycles. The second-order valence-corrected chi connectivity index (χ2v) is 14.3. The number of pyridine rings is 3. The molecule has 6 aromatic rings. The van der Waals surface area contributed by atoms with E-state index in [1.54, 1.807) is 12.4 Å². The van der Waals surface area contributed by atoms with Crippen LogP contribution in [0.5, 0.6) is 0 Å². The zero-order valence-corrected chi connectivity index (χ0v) is 23.7. The first-order valence-corrected chi connectivity index (χ1v) is 15.0. The van der Waals surface area contributed by atoms with Crippen molar-refractivity contribution >= 4 is 35.3 Å². The molecule has 0 unspecified atom stereocenters. The van der Waals surface area contributed by atoms with Crippen LogP contribution in [0.1, 0.15) is 0 Å².